The maximum absolute atomic E-state index is 12.4. The fourth-order valence-corrected chi connectivity index (χ4v) is 13.0. The first-order valence-electron chi connectivity index (χ1n) is 18.6. The van der Waals surface area contributed by atoms with Crippen molar-refractivity contribution in [1.82, 2.24) is 0 Å². The van der Waals surface area contributed by atoms with E-state index in [9.17, 15) is 5.11 Å². The molecule has 0 atom stereocenters. The SMILES string of the molecule is COCCN(c1ccccc1-c1cc(C)cc(C23CC4CC(CC(C4)C2)C3)c1)c1cc(C)cc(C23CC4CC(CC(C4)C2)C3)c1O. The molecule has 3 aromatic rings. The predicted molar refractivity (Wildman–Crippen MR) is 188 cm³/mol. The van der Waals surface area contributed by atoms with E-state index in [0.29, 0.717) is 24.3 Å². The minimum atomic E-state index is 0.134. The number of nitrogens with zero attached hydrogens (tertiary/aromatic N) is 1. The Bertz CT molecular complexity index is 1580. The Kier molecular flexibility index (Phi) is 6.94. The van der Waals surface area contributed by atoms with Gasteiger partial charge < -0.3 is 14.7 Å². The number of phenolic OH excluding ortho intramolecular Hbond substituents is 1. The molecule has 0 amide bonds. The van der Waals surface area contributed by atoms with Crippen molar-refractivity contribution in [2.45, 2.75) is 102 Å². The van der Waals surface area contributed by atoms with Gasteiger partial charge in [-0.2, -0.15) is 0 Å². The molecular weight excluding hydrogens is 562 g/mol. The van der Waals surface area contributed by atoms with Crippen LogP contribution in [0.4, 0.5) is 11.4 Å². The standard InChI is InChI=1S/C43H53NO2/c1-27-10-35(20-36(11-27)42-21-29-14-30(22-42)16-31(15-29)23-42)37-6-4-5-7-39(37)44(8-9-46-3)40-13-28(2)12-38(41(40)45)43-24-32-17-33(25-43)19-34(18-32)26-43/h4-7,10-13,20,29-34,45H,8-9,14-19,21-26H2,1-3H3. The molecule has 0 saturated heterocycles. The van der Waals surface area contributed by atoms with Crippen LogP contribution in [0.1, 0.15) is 99.3 Å². The molecule has 8 saturated carbocycles. The maximum atomic E-state index is 12.4. The molecule has 46 heavy (non-hydrogen) atoms. The molecule has 8 fully saturated rings. The molecule has 8 aliphatic carbocycles. The van der Waals surface area contributed by atoms with Crippen molar-refractivity contribution in [2.75, 3.05) is 25.2 Å². The average Bonchev–Trinajstić information content (AvgIpc) is 3.01. The summed E-state index contributed by atoms with van der Waals surface area (Å²) in [6, 6.07) is 21.0. The Labute approximate surface area is 276 Å². The molecule has 3 aromatic carbocycles. The Morgan fingerprint density at radius 1 is 0.674 bits per heavy atom. The second-order valence-corrected chi connectivity index (χ2v) is 17.3. The zero-order valence-electron chi connectivity index (χ0n) is 28.4. The van der Waals surface area contributed by atoms with Gasteiger partial charge in [0.2, 0.25) is 0 Å². The second-order valence-electron chi connectivity index (χ2n) is 17.3. The van der Waals surface area contributed by atoms with E-state index < -0.39 is 0 Å². The van der Waals surface area contributed by atoms with Crippen LogP contribution in [-0.2, 0) is 15.6 Å². The van der Waals surface area contributed by atoms with Gasteiger partial charge in [-0.3, -0.25) is 0 Å². The van der Waals surface area contributed by atoms with E-state index >= 15 is 0 Å². The van der Waals surface area contributed by atoms with Gasteiger partial charge in [-0.25, -0.2) is 0 Å². The van der Waals surface area contributed by atoms with E-state index in [-0.39, 0.29) is 5.41 Å². The number of hydrogen-bond acceptors (Lipinski definition) is 3. The zero-order valence-corrected chi connectivity index (χ0v) is 28.4. The van der Waals surface area contributed by atoms with Crippen LogP contribution in [0.15, 0.2) is 54.6 Å². The topological polar surface area (TPSA) is 32.7 Å². The van der Waals surface area contributed by atoms with Gasteiger partial charge in [-0.1, -0.05) is 48.0 Å². The number of aromatic hydroxyl groups is 1. The lowest BCUT2D eigenvalue weighted by molar-refractivity contribution is -0.00614. The van der Waals surface area contributed by atoms with Crippen LogP contribution in [0, 0.1) is 49.4 Å². The third-order valence-electron chi connectivity index (χ3n) is 13.9. The number of rotatable bonds is 8. The van der Waals surface area contributed by atoms with Crippen molar-refractivity contribution in [3.05, 3.63) is 76.9 Å². The molecule has 0 aliphatic heterocycles. The van der Waals surface area contributed by atoms with Crippen molar-refractivity contribution in [2.24, 2.45) is 35.5 Å². The Morgan fingerprint density at radius 2 is 1.22 bits per heavy atom. The number of anilines is 2. The maximum Gasteiger partial charge on any atom is 0.142 e. The summed E-state index contributed by atoms with van der Waals surface area (Å²) in [6.45, 7) is 5.81. The summed E-state index contributed by atoms with van der Waals surface area (Å²) in [6.07, 6.45) is 16.5. The largest absolute Gasteiger partial charge is 0.505 e. The molecule has 8 aliphatic rings. The molecule has 3 heteroatoms. The van der Waals surface area contributed by atoms with Crippen molar-refractivity contribution in [1.29, 1.82) is 0 Å². The molecule has 0 aromatic heterocycles. The molecule has 11 rings (SSSR count). The fourth-order valence-electron chi connectivity index (χ4n) is 13.0. The van der Waals surface area contributed by atoms with Crippen molar-refractivity contribution in [3.8, 4) is 16.9 Å². The first-order chi connectivity index (χ1) is 22.3. The van der Waals surface area contributed by atoms with Crippen molar-refractivity contribution >= 4 is 11.4 Å². The van der Waals surface area contributed by atoms with E-state index in [1.807, 2.05) is 0 Å². The quantitative estimate of drug-likeness (QED) is 0.274. The summed E-state index contributed by atoms with van der Waals surface area (Å²) in [5, 5.41) is 12.4. The first-order valence-corrected chi connectivity index (χ1v) is 18.6. The van der Waals surface area contributed by atoms with Crippen LogP contribution in [0.2, 0.25) is 0 Å². The number of para-hydroxylation sites is 1. The Hall–Kier alpha value is -2.78. The number of phenols is 1. The summed E-state index contributed by atoms with van der Waals surface area (Å²) in [4.78, 5) is 2.37. The van der Waals surface area contributed by atoms with Gasteiger partial charge in [0.05, 0.1) is 12.3 Å². The number of methoxy groups -OCH3 is 1. The number of hydrogen-bond donors (Lipinski definition) is 1. The zero-order chi connectivity index (χ0) is 31.2. The smallest absolute Gasteiger partial charge is 0.142 e. The third-order valence-corrected chi connectivity index (χ3v) is 13.9. The van der Waals surface area contributed by atoms with E-state index in [4.69, 9.17) is 4.74 Å². The monoisotopic (exact) mass is 615 g/mol. The van der Waals surface area contributed by atoms with Crippen LogP contribution in [0.5, 0.6) is 5.75 Å². The highest BCUT2D eigenvalue weighted by Gasteiger charge is 2.53. The second kappa shape index (κ2) is 10.9. The lowest BCUT2D eigenvalue weighted by Gasteiger charge is -2.57. The highest BCUT2D eigenvalue weighted by atomic mass is 16.5. The van der Waals surface area contributed by atoms with Crippen molar-refractivity contribution < 1.29 is 9.84 Å². The average molecular weight is 616 g/mol. The molecule has 0 unspecified atom stereocenters. The summed E-state index contributed by atoms with van der Waals surface area (Å²) < 4.78 is 5.71. The van der Waals surface area contributed by atoms with Gasteiger partial charge >= 0.3 is 0 Å². The van der Waals surface area contributed by atoms with Gasteiger partial charge in [-0.15, -0.1) is 0 Å². The van der Waals surface area contributed by atoms with E-state index in [2.05, 4.69) is 73.3 Å². The molecular formula is C43H53NO2. The summed E-state index contributed by atoms with van der Waals surface area (Å²) >= 11 is 0. The normalized spacial score (nSPS) is 35.2. The minimum Gasteiger partial charge on any atom is -0.505 e. The van der Waals surface area contributed by atoms with Gasteiger partial charge in [0.25, 0.3) is 0 Å². The molecule has 0 heterocycles. The van der Waals surface area contributed by atoms with Crippen molar-refractivity contribution in [3.63, 3.8) is 0 Å². The summed E-state index contributed by atoms with van der Waals surface area (Å²) in [7, 11) is 1.79. The van der Waals surface area contributed by atoms with Gasteiger partial charge in [-0.05, 0) is 166 Å². The number of ether oxygens (including phenoxy) is 1. The molecule has 0 radical (unpaired) electrons. The van der Waals surface area contributed by atoms with Crippen LogP contribution < -0.4 is 4.90 Å². The van der Waals surface area contributed by atoms with Gasteiger partial charge in [0.15, 0.2) is 0 Å². The summed E-state index contributed by atoms with van der Waals surface area (Å²) in [5.41, 5.74) is 10.6. The first kappa shape index (κ1) is 29.4. The third kappa shape index (κ3) is 4.77. The molecule has 3 nitrogen and oxygen atoms in total. The van der Waals surface area contributed by atoms with Crippen LogP contribution in [-0.4, -0.2) is 25.4 Å². The molecule has 8 bridgehead atoms. The Balaban J connectivity index is 1.14. The van der Waals surface area contributed by atoms with E-state index in [1.165, 1.54) is 111 Å². The van der Waals surface area contributed by atoms with Crippen LogP contribution >= 0.6 is 0 Å². The lowest BCUT2D eigenvalue weighted by Crippen LogP contribution is -2.48. The van der Waals surface area contributed by atoms with Crippen LogP contribution in [0.3, 0.4) is 0 Å². The predicted octanol–water partition coefficient (Wildman–Crippen LogP) is 10.4. The minimum absolute atomic E-state index is 0.134. The van der Waals surface area contributed by atoms with Crippen LogP contribution in [0.25, 0.3) is 11.1 Å². The Morgan fingerprint density at radius 3 is 1.80 bits per heavy atom. The summed E-state index contributed by atoms with van der Waals surface area (Å²) in [5.74, 6) is 5.81. The number of benzene rings is 3. The molecule has 0 spiro atoms. The van der Waals surface area contributed by atoms with Gasteiger partial charge in [0, 0.05) is 30.5 Å². The fraction of sp³-hybridized carbons (Fsp3) is 0.581. The molecule has 242 valence electrons. The van der Waals surface area contributed by atoms with Gasteiger partial charge in [0.1, 0.15) is 5.75 Å². The lowest BCUT2D eigenvalue weighted by atomic mass is 9.48. The highest BCUT2D eigenvalue weighted by Crippen LogP contribution is 2.63. The van der Waals surface area contributed by atoms with E-state index in [1.54, 1.807) is 12.7 Å². The van der Waals surface area contributed by atoms with E-state index in [0.717, 1.165) is 41.2 Å². The molecule has 1 N–H and O–H groups in total. The number of aryl methyl sites for hydroxylation is 2. The highest BCUT2D eigenvalue weighted by molar-refractivity contribution is 5.85.